The number of amides is 2. The van der Waals surface area contributed by atoms with Gasteiger partial charge < -0.3 is 19.3 Å². The molecule has 2 N–H and O–H groups in total. The number of benzene rings is 2. The first kappa shape index (κ1) is 35.5. The van der Waals surface area contributed by atoms with E-state index in [1.54, 1.807) is 24.3 Å². The Morgan fingerprint density at radius 1 is 1.02 bits per heavy atom. The molecule has 0 aliphatic carbocycles. The van der Waals surface area contributed by atoms with Crippen molar-refractivity contribution in [1.29, 1.82) is 0 Å². The second-order valence-electron chi connectivity index (χ2n) is 12.5. The lowest BCUT2D eigenvalue weighted by Crippen LogP contribution is -2.31. The van der Waals surface area contributed by atoms with Crippen molar-refractivity contribution in [2.24, 2.45) is 0 Å². The van der Waals surface area contributed by atoms with Crippen molar-refractivity contribution in [3.05, 3.63) is 64.0 Å². The van der Waals surface area contributed by atoms with Crippen molar-refractivity contribution in [2.75, 3.05) is 24.5 Å². The lowest BCUT2D eigenvalue weighted by molar-refractivity contribution is -0.438. The highest BCUT2D eigenvalue weighted by atomic mass is 32.2. The molecule has 0 spiro atoms. The highest BCUT2D eigenvalue weighted by Gasteiger charge is 2.45. The molecule has 2 aliphatic heterocycles. The van der Waals surface area contributed by atoms with Crippen molar-refractivity contribution < 1.29 is 46.3 Å². The molecule has 1 aromatic heterocycles. The van der Waals surface area contributed by atoms with Crippen molar-refractivity contribution >= 4 is 62.0 Å². The van der Waals surface area contributed by atoms with Gasteiger partial charge in [0.1, 0.15) is 23.4 Å². The van der Waals surface area contributed by atoms with Crippen LogP contribution < -0.4 is 10.5 Å². The average molecular weight is 695 g/mol. The summed E-state index contributed by atoms with van der Waals surface area (Å²) in [6.45, 7) is 9.75. The van der Waals surface area contributed by atoms with Crippen LogP contribution in [-0.4, -0.2) is 70.8 Å². The number of carbonyl (C=O) groups is 3. The SMILES string of the molecule is CCN(CC)c1ccc2c(O)c(/C=C/C3=[N+](CCCCCC(=O)ON4C(=O)CCC4=O)c4ccc(S(=O)(=O)O)cc4C3(C)C)c(=O)oc2c1. The molecule has 14 heteroatoms. The van der Waals surface area contributed by atoms with Gasteiger partial charge in [0, 0.05) is 68.2 Å². The summed E-state index contributed by atoms with van der Waals surface area (Å²) >= 11 is 0. The van der Waals surface area contributed by atoms with Crippen molar-refractivity contribution in [2.45, 2.75) is 76.5 Å². The molecular weight excluding hydrogens is 654 g/mol. The Balaban J connectivity index is 1.42. The van der Waals surface area contributed by atoms with E-state index in [-0.39, 0.29) is 41.1 Å². The van der Waals surface area contributed by atoms with Crippen LogP contribution in [0.1, 0.15) is 77.3 Å². The van der Waals surface area contributed by atoms with Gasteiger partial charge in [-0.05, 0) is 70.9 Å². The molecule has 2 amide bonds. The minimum atomic E-state index is -4.48. The maximum absolute atomic E-state index is 13.2. The highest BCUT2D eigenvalue weighted by Crippen LogP contribution is 2.42. The summed E-state index contributed by atoms with van der Waals surface area (Å²) in [7, 11) is -4.48. The molecule has 2 aliphatic rings. The lowest BCUT2D eigenvalue weighted by atomic mass is 9.81. The van der Waals surface area contributed by atoms with Gasteiger partial charge in [0.15, 0.2) is 5.71 Å². The molecule has 49 heavy (non-hydrogen) atoms. The fourth-order valence-electron chi connectivity index (χ4n) is 6.36. The molecule has 2 aromatic carbocycles. The van der Waals surface area contributed by atoms with Crippen molar-refractivity contribution in [3.63, 3.8) is 0 Å². The van der Waals surface area contributed by atoms with Crippen molar-refractivity contribution in [3.8, 4) is 5.75 Å². The van der Waals surface area contributed by atoms with E-state index >= 15 is 0 Å². The van der Waals surface area contributed by atoms with Gasteiger partial charge in [-0.25, -0.2) is 9.59 Å². The average Bonchev–Trinajstić information content (AvgIpc) is 3.47. The van der Waals surface area contributed by atoms with E-state index in [9.17, 15) is 37.3 Å². The van der Waals surface area contributed by atoms with Gasteiger partial charge in [-0.15, -0.1) is 5.06 Å². The molecule has 1 fully saturated rings. The lowest BCUT2D eigenvalue weighted by Gasteiger charge is -2.21. The molecule has 0 saturated carbocycles. The zero-order chi connectivity index (χ0) is 35.7. The number of hydrogen-bond donors (Lipinski definition) is 2. The van der Waals surface area contributed by atoms with Gasteiger partial charge >= 0.3 is 11.6 Å². The van der Waals surface area contributed by atoms with Gasteiger partial charge in [0.2, 0.25) is 5.69 Å². The first-order chi connectivity index (χ1) is 23.2. The third kappa shape index (κ3) is 7.15. The number of nitrogens with zero attached hydrogens (tertiary/aromatic N) is 3. The molecular formula is C35H40N3O10S+. The van der Waals surface area contributed by atoms with E-state index in [1.807, 2.05) is 38.3 Å². The second kappa shape index (κ2) is 14.0. The maximum Gasteiger partial charge on any atom is 0.347 e. The Kier molecular flexibility index (Phi) is 10.1. The largest absolute Gasteiger partial charge is 0.506 e. The number of hydroxylamine groups is 2. The van der Waals surface area contributed by atoms with Crippen LogP contribution in [0.25, 0.3) is 17.0 Å². The minimum absolute atomic E-state index is 0.000758. The Morgan fingerprint density at radius 2 is 1.71 bits per heavy atom. The normalized spacial score (nSPS) is 15.9. The molecule has 0 radical (unpaired) electrons. The van der Waals surface area contributed by atoms with E-state index in [4.69, 9.17) is 9.25 Å². The van der Waals surface area contributed by atoms with Crippen LogP contribution in [0.3, 0.4) is 0 Å². The zero-order valence-electron chi connectivity index (χ0n) is 27.9. The van der Waals surface area contributed by atoms with E-state index in [0.717, 1.165) is 18.8 Å². The smallest absolute Gasteiger partial charge is 0.347 e. The third-order valence-electron chi connectivity index (χ3n) is 9.06. The molecule has 1 saturated heterocycles. The quantitative estimate of drug-likeness (QED) is 0.0823. The number of unbranched alkanes of at least 4 members (excludes halogenated alkanes) is 2. The summed E-state index contributed by atoms with van der Waals surface area (Å²) < 4.78 is 41.4. The molecule has 13 nitrogen and oxygen atoms in total. The number of carbonyl (C=O) groups excluding carboxylic acids is 3. The molecule has 0 atom stereocenters. The van der Waals surface area contributed by atoms with Crippen LogP contribution in [-0.2, 0) is 34.8 Å². The Hall–Kier alpha value is -4.82. The summed E-state index contributed by atoms with van der Waals surface area (Å²) in [5.41, 5.74) is 1.56. The summed E-state index contributed by atoms with van der Waals surface area (Å²) in [5.74, 6) is -1.99. The number of hydrogen-bond acceptors (Lipinski definition) is 10. The van der Waals surface area contributed by atoms with E-state index in [0.29, 0.717) is 53.2 Å². The number of aromatic hydroxyl groups is 1. The molecule has 0 unspecified atom stereocenters. The van der Waals surface area contributed by atoms with Crippen LogP contribution in [0.15, 0.2) is 56.6 Å². The predicted octanol–water partition coefficient (Wildman–Crippen LogP) is 4.85. The topological polar surface area (TPSA) is 175 Å². The summed E-state index contributed by atoms with van der Waals surface area (Å²) in [6, 6.07) is 9.64. The van der Waals surface area contributed by atoms with Gasteiger partial charge in [0.05, 0.1) is 15.7 Å². The number of anilines is 1. The monoisotopic (exact) mass is 694 g/mol. The zero-order valence-corrected chi connectivity index (χ0v) is 28.7. The Bertz CT molecular complexity index is 2040. The van der Waals surface area contributed by atoms with Gasteiger partial charge in [-0.2, -0.15) is 13.0 Å². The number of fused-ring (bicyclic) bond motifs is 2. The van der Waals surface area contributed by atoms with Gasteiger partial charge in [0.25, 0.3) is 21.9 Å². The Labute approximate surface area is 283 Å². The first-order valence-corrected chi connectivity index (χ1v) is 17.7. The highest BCUT2D eigenvalue weighted by molar-refractivity contribution is 7.85. The minimum Gasteiger partial charge on any atom is -0.506 e. The van der Waals surface area contributed by atoms with Crippen LogP contribution in [0.2, 0.25) is 0 Å². The van der Waals surface area contributed by atoms with Gasteiger partial charge in [-0.3, -0.25) is 14.1 Å². The summed E-state index contributed by atoms with van der Waals surface area (Å²) in [6.07, 6.45) is 4.79. The van der Waals surface area contributed by atoms with Crippen LogP contribution in [0, 0.1) is 0 Å². The molecule has 0 bridgehead atoms. The van der Waals surface area contributed by atoms with E-state index in [2.05, 4.69) is 4.90 Å². The third-order valence-corrected chi connectivity index (χ3v) is 9.91. The Morgan fingerprint density at radius 3 is 2.37 bits per heavy atom. The van der Waals surface area contributed by atoms with Crippen molar-refractivity contribution in [1.82, 2.24) is 5.06 Å². The second-order valence-corrected chi connectivity index (χ2v) is 13.9. The summed E-state index contributed by atoms with van der Waals surface area (Å²) in [4.78, 5) is 55.6. The number of imide groups is 1. The fraction of sp³-hybridized carbons (Fsp3) is 0.400. The predicted molar refractivity (Wildman–Crippen MR) is 181 cm³/mol. The van der Waals surface area contributed by atoms with Crippen LogP contribution >= 0.6 is 0 Å². The van der Waals surface area contributed by atoms with E-state index < -0.39 is 38.9 Å². The first-order valence-electron chi connectivity index (χ1n) is 16.2. The number of rotatable bonds is 13. The molecule has 260 valence electrons. The number of allylic oxidation sites excluding steroid dienone is 1. The molecule has 3 heterocycles. The maximum atomic E-state index is 13.2. The summed E-state index contributed by atoms with van der Waals surface area (Å²) in [5, 5.41) is 12.1. The van der Waals surface area contributed by atoms with Gasteiger partial charge in [-0.1, -0.05) is 0 Å². The molecule has 3 aromatic rings. The van der Waals surface area contributed by atoms with Crippen LogP contribution in [0.4, 0.5) is 11.4 Å². The standard InChI is InChI=1S/C35H39N3O10S/c1-5-36(6-2)22-11-13-24-28(20-22)47-34(43)25(33(24)42)14-16-29-35(3,4)26-21-23(49(44,45)46)12-15-27(26)37(29)19-9-7-8-10-32(41)48-38-30(39)17-18-31(38)40/h11-16,20-21H,5-10,17-19H2,1-4H3,(H,44,45,46)/p+1. The van der Waals surface area contributed by atoms with E-state index in [1.165, 1.54) is 18.2 Å². The molecule has 5 rings (SSSR count). The van der Waals surface area contributed by atoms with Crippen LogP contribution in [0.5, 0.6) is 5.75 Å². The fourth-order valence-corrected chi connectivity index (χ4v) is 6.87.